The number of nitrogens with one attached hydrogen (secondary N) is 1. The van der Waals surface area contributed by atoms with Crippen LogP contribution in [0.15, 0.2) is 36.4 Å². The smallest absolute Gasteiger partial charge is 0.241 e. The highest BCUT2D eigenvalue weighted by molar-refractivity contribution is 5.97. The predicted molar refractivity (Wildman–Crippen MR) is 89.7 cm³/mol. The molecule has 5 nitrogen and oxygen atoms in total. The summed E-state index contributed by atoms with van der Waals surface area (Å²) in [4.78, 5) is 15.0. The van der Waals surface area contributed by atoms with E-state index in [1.54, 1.807) is 7.11 Å². The maximum Gasteiger partial charge on any atom is 0.241 e. The molecule has 5 heteroatoms. The Morgan fingerprint density at radius 3 is 3.00 bits per heavy atom. The van der Waals surface area contributed by atoms with Gasteiger partial charge in [0.25, 0.3) is 0 Å². The molecule has 5 rings (SSSR count). The van der Waals surface area contributed by atoms with E-state index in [2.05, 4.69) is 16.3 Å². The molecule has 3 aliphatic heterocycles. The van der Waals surface area contributed by atoms with E-state index in [-0.39, 0.29) is 18.0 Å². The summed E-state index contributed by atoms with van der Waals surface area (Å²) >= 11 is 0. The average Bonchev–Trinajstić information content (AvgIpc) is 3.05. The fourth-order valence-electron chi connectivity index (χ4n) is 4.23. The minimum atomic E-state index is -0.0904. The molecule has 1 amide bonds. The summed E-state index contributed by atoms with van der Waals surface area (Å²) in [5.74, 6) is 2.32. The SMILES string of the molecule is COc1ccc2c3c1Oc1ccccc1[C@H]3N1CCC[C@H]1C(=O)N2. The van der Waals surface area contributed by atoms with Crippen LogP contribution in [-0.2, 0) is 4.79 Å². The van der Waals surface area contributed by atoms with Crippen LogP contribution in [0, 0.1) is 0 Å². The molecule has 0 spiro atoms. The van der Waals surface area contributed by atoms with Crippen molar-refractivity contribution in [3.63, 3.8) is 0 Å². The summed E-state index contributed by atoms with van der Waals surface area (Å²) < 4.78 is 11.7. The van der Waals surface area contributed by atoms with Gasteiger partial charge >= 0.3 is 0 Å². The highest BCUT2D eigenvalue weighted by Crippen LogP contribution is 2.54. The maximum atomic E-state index is 12.7. The first kappa shape index (κ1) is 13.9. The van der Waals surface area contributed by atoms with Gasteiger partial charge in [-0.25, -0.2) is 0 Å². The second-order valence-corrected chi connectivity index (χ2v) is 6.49. The number of ether oxygens (including phenoxy) is 2. The molecule has 0 bridgehead atoms. The fourth-order valence-corrected chi connectivity index (χ4v) is 4.23. The van der Waals surface area contributed by atoms with Gasteiger partial charge in [-0.05, 0) is 37.6 Å². The number of amides is 1. The number of benzene rings is 2. The third-order valence-electron chi connectivity index (χ3n) is 5.27. The van der Waals surface area contributed by atoms with Crippen molar-refractivity contribution >= 4 is 11.6 Å². The summed E-state index contributed by atoms with van der Waals surface area (Å²) in [6.07, 6.45) is 1.93. The minimum Gasteiger partial charge on any atom is -0.493 e. The van der Waals surface area contributed by atoms with Gasteiger partial charge in [-0.2, -0.15) is 0 Å². The minimum absolute atomic E-state index is 0.0153. The van der Waals surface area contributed by atoms with Gasteiger partial charge in [0.2, 0.25) is 5.91 Å². The molecule has 2 atom stereocenters. The zero-order chi connectivity index (χ0) is 16.3. The lowest BCUT2D eigenvalue weighted by atomic mass is 9.91. The van der Waals surface area contributed by atoms with Crippen molar-refractivity contribution in [3.8, 4) is 17.2 Å². The molecular weight excluding hydrogens is 304 g/mol. The number of nitrogens with zero attached hydrogens (tertiary/aromatic N) is 1. The van der Waals surface area contributed by atoms with Crippen LogP contribution in [0.4, 0.5) is 5.69 Å². The van der Waals surface area contributed by atoms with E-state index in [0.29, 0.717) is 11.5 Å². The summed E-state index contributed by atoms with van der Waals surface area (Å²) in [7, 11) is 1.64. The number of fused-ring (bicyclic) bond motifs is 4. The van der Waals surface area contributed by atoms with Crippen molar-refractivity contribution in [3.05, 3.63) is 47.5 Å². The summed E-state index contributed by atoms with van der Waals surface area (Å²) in [6, 6.07) is 11.8. The molecule has 1 N–H and O–H groups in total. The van der Waals surface area contributed by atoms with Gasteiger partial charge in [0.1, 0.15) is 5.75 Å². The van der Waals surface area contributed by atoms with Crippen LogP contribution in [0.25, 0.3) is 0 Å². The van der Waals surface area contributed by atoms with Gasteiger partial charge in [0, 0.05) is 16.8 Å². The van der Waals surface area contributed by atoms with Gasteiger partial charge in [-0.3, -0.25) is 9.69 Å². The lowest BCUT2D eigenvalue weighted by molar-refractivity contribution is -0.120. The first-order valence-electron chi connectivity index (χ1n) is 8.32. The van der Waals surface area contributed by atoms with Crippen molar-refractivity contribution in [2.75, 3.05) is 19.0 Å². The molecule has 122 valence electrons. The number of para-hydroxylation sites is 1. The van der Waals surface area contributed by atoms with Gasteiger partial charge in [0.15, 0.2) is 11.5 Å². The summed E-state index contributed by atoms with van der Waals surface area (Å²) in [5.41, 5.74) is 2.94. The van der Waals surface area contributed by atoms with E-state index in [9.17, 15) is 4.79 Å². The van der Waals surface area contributed by atoms with Crippen LogP contribution < -0.4 is 14.8 Å². The molecule has 3 aliphatic rings. The van der Waals surface area contributed by atoms with Crippen LogP contribution in [0.1, 0.15) is 30.0 Å². The highest BCUT2D eigenvalue weighted by atomic mass is 16.5. The first-order valence-corrected chi connectivity index (χ1v) is 8.32. The van der Waals surface area contributed by atoms with Crippen molar-refractivity contribution in [2.24, 2.45) is 0 Å². The number of hydrogen-bond donors (Lipinski definition) is 1. The number of carbonyl (C=O) groups is 1. The standard InChI is InChI=1S/C19H18N2O3/c1-23-15-9-8-12-16-17(21-10-4-6-13(21)19(22)20-12)11-5-2-3-7-14(11)24-18(15)16/h2-3,5,7-9,13,17H,4,6,10H2,1H3,(H,20,22)/t13-,17+/m0/s1. The van der Waals surface area contributed by atoms with Crippen molar-refractivity contribution in [1.82, 2.24) is 4.90 Å². The Kier molecular flexibility index (Phi) is 2.88. The molecule has 0 unspecified atom stereocenters. The Morgan fingerprint density at radius 1 is 1.25 bits per heavy atom. The predicted octanol–water partition coefficient (Wildman–Crippen LogP) is 3.31. The molecule has 0 radical (unpaired) electrons. The number of methoxy groups -OCH3 is 1. The van der Waals surface area contributed by atoms with Crippen LogP contribution in [0.2, 0.25) is 0 Å². The second-order valence-electron chi connectivity index (χ2n) is 6.49. The van der Waals surface area contributed by atoms with Gasteiger partial charge in [-0.1, -0.05) is 18.2 Å². The van der Waals surface area contributed by atoms with Crippen molar-refractivity contribution < 1.29 is 14.3 Å². The highest BCUT2D eigenvalue weighted by Gasteiger charge is 2.45. The molecule has 0 saturated carbocycles. The normalized spacial score (nSPS) is 24.1. The van der Waals surface area contributed by atoms with E-state index in [0.717, 1.165) is 42.0 Å². The Hall–Kier alpha value is -2.53. The van der Waals surface area contributed by atoms with Gasteiger partial charge in [0.05, 0.1) is 19.2 Å². The van der Waals surface area contributed by atoms with E-state index >= 15 is 0 Å². The topological polar surface area (TPSA) is 50.8 Å². The molecule has 1 saturated heterocycles. The molecule has 3 heterocycles. The van der Waals surface area contributed by atoms with E-state index < -0.39 is 0 Å². The van der Waals surface area contributed by atoms with E-state index in [1.807, 2.05) is 30.3 Å². The third kappa shape index (κ3) is 1.76. The number of hydrogen-bond acceptors (Lipinski definition) is 4. The summed E-state index contributed by atoms with van der Waals surface area (Å²) in [6.45, 7) is 0.910. The maximum absolute atomic E-state index is 12.7. The van der Waals surface area contributed by atoms with Crippen LogP contribution in [0.3, 0.4) is 0 Å². The number of anilines is 1. The zero-order valence-electron chi connectivity index (χ0n) is 13.4. The van der Waals surface area contributed by atoms with Gasteiger partial charge in [-0.15, -0.1) is 0 Å². The van der Waals surface area contributed by atoms with E-state index in [4.69, 9.17) is 9.47 Å². The average molecular weight is 322 g/mol. The quantitative estimate of drug-likeness (QED) is 0.875. The molecule has 0 aromatic heterocycles. The molecule has 2 aromatic rings. The third-order valence-corrected chi connectivity index (χ3v) is 5.27. The Morgan fingerprint density at radius 2 is 2.12 bits per heavy atom. The number of carbonyl (C=O) groups excluding carboxylic acids is 1. The van der Waals surface area contributed by atoms with Crippen LogP contribution >= 0.6 is 0 Å². The lowest BCUT2D eigenvalue weighted by Gasteiger charge is -2.35. The monoisotopic (exact) mass is 322 g/mol. The molecule has 2 aromatic carbocycles. The Labute approximate surface area is 140 Å². The van der Waals surface area contributed by atoms with Crippen molar-refractivity contribution in [2.45, 2.75) is 24.9 Å². The second kappa shape index (κ2) is 4.98. The molecule has 24 heavy (non-hydrogen) atoms. The Bertz CT molecular complexity index is 849. The largest absolute Gasteiger partial charge is 0.493 e. The van der Waals surface area contributed by atoms with E-state index in [1.165, 1.54) is 0 Å². The van der Waals surface area contributed by atoms with Crippen molar-refractivity contribution in [1.29, 1.82) is 0 Å². The first-order chi connectivity index (χ1) is 11.8. The lowest BCUT2D eigenvalue weighted by Crippen LogP contribution is -2.40. The zero-order valence-corrected chi connectivity index (χ0v) is 13.4. The molecule has 0 aliphatic carbocycles. The number of rotatable bonds is 1. The summed E-state index contributed by atoms with van der Waals surface area (Å²) in [5, 5.41) is 3.10. The Balaban J connectivity index is 1.81. The van der Waals surface area contributed by atoms with Gasteiger partial charge < -0.3 is 14.8 Å². The van der Waals surface area contributed by atoms with Crippen LogP contribution in [-0.4, -0.2) is 30.5 Å². The molecular formula is C19H18N2O3. The molecule has 1 fully saturated rings. The fraction of sp³-hybridized carbons (Fsp3) is 0.316. The van der Waals surface area contributed by atoms with Crippen LogP contribution in [0.5, 0.6) is 17.2 Å².